The second kappa shape index (κ2) is 2.92. The number of ketones is 1. The Kier molecular flexibility index (Phi) is 1.71. The smallest absolute Gasteiger partial charge is 0.163 e. The van der Waals surface area contributed by atoms with Gasteiger partial charge in [-0.1, -0.05) is 24.3 Å². The molecule has 2 atom stereocenters. The van der Waals surface area contributed by atoms with Gasteiger partial charge >= 0.3 is 0 Å². The van der Waals surface area contributed by atoms with Crippen LogP contribution in [0.4, 0.5) is 0 Å². The van der Waals surface area contributed by atoms with Gasteiger partial charge in [0, 0.05) is 17.9 Å². The second-order valence-electron chi connectivity index (χ2n) is 4.12. The molecule has 0 spiro atoms. The summed E-state index contributed by atoms with van der Waals surface area (Å²) >= 11 is 0. The molecule has 0 radical (unpaired) electrons. The van der Waals surface area contributed by atoms with E-state index in [4.69, 9.17) is 4.74 Å². The number of fused-ring (bicyclic) bond motifs is 3. The van der Waals surface area contributed by atoms with Gasteiger partial charge in [0.2, 0.25) is 0 Å². The number of Topliss-reactive ketones (excluding diaryl/α,β-unsaturated/α-hetero) is 1. The Hall–Kier alpha value is -1.15. The van der Waals surface area contributed by atoms with Gasteiger partial charge in [-0.25, -0.2) is 0 Å². The summed E-state index contributed by atoms with van der Waals surface area (Å²) in [5.41, 5.74) is 2.12. The van der Waals surface area contributed by atoms with Crippen molar-refractivity contribution in [2.45, 2.75) is 12.3 Å². The lowest BCUT2D eigenvalue weighted by atomic mass is 9.76. The largest absolute Gasteiger partial charge is 0.380 e. The van der Waals surface area contributed by atoms with Gasteiger partial charge in [0.05, 0.1) is 13.2 Å². The van der Waals surface area contributed by atoms with Gasteiger partial charge in [-0.3, -0.25) is 4.79 Å². The van der Waals surface area contributed by atoms with E-state index in [0.29, 0.717) is 18.3 Å². The summed E-state index contributed by atoms with van der Waals surface area (Å²) in [6, 6.07) is 7.95. The van der Waals surface area contributed by atoms with Crippen LogP contribution >= 0.6 is 0 Å². The van der Waals surface area contributed by atoms with Gasteiger partial charge in [-0.05, 0) is 11.5 Å². The Labute approximate surface area is 82.9 Å². The van der Waals surface area contributed by atoms with E-state index in [9.17, 15) is 4.79 Å². The van der Waals surface area contributed by atoms with E-state index < -0.39 is 0 Å². The van der Waals surface area contributed by atoms with Crippen molar-refractivity contribution in [2.24, 2.45) is 5.92 Å². The lowest BCUT2D eigenvalue weighted by Crippen LogP contribution is -2.23. The monoisotopic (exact) mass is 188 g/mol. The Bertz CT molecular complexity index is 384. The van der Waals surface area contributed by atoms with Gasteiger partial charge in [0.1, 0.15) is 0 Å². The van der Waals surface area contributed by atoms with E-state index in [1.807, 2.05) is 18.2 Å². The van der Waals surface area contributed by atoms with Crippen LogP contribution < -0.4 is 0 Å². The molecule has 1 fully saturated rings. The van der Waals surface area contributed by atoms with Crippen LogP contribution in [0.25, 0.3) is 0 Å². The first-order valence-corrected chi connectivity index (χ1v) is 5.06. The number of rotatable bonds is 0. The van der Waals surface area contributed by atoms with Crippen LogP contribution in [0, 0.1) is 5.92 Å². The SMILES string of the molecule is O=C1C[C@@H]2COC[C@@H]2c2ccccc21. The van der Waals surface area contributed by atoms with Crippen LogP contribution in [-0.2, 0) is 4.74 Å². The molecule has 14 heavy (non-hydrogen) atoms. The minimum Gasteiger partial charge on any atom is -0.380 e. The molecule has 0 N–H and O–H groups in total. The van der Waals surface area contributed by atoms with Gasteiger partial charge in [0.15, 0.2) is 5.78 Å². The van der Waals surface area contributed by atoms with Crippen LogP contribution in [0.15, 0.2) is 24.3 Å². The lowest BCUT2D eigenvalue weighted by Gasteiger charge is -2.25. The Morgan fingerprint density at radius 1 is 1.21 bits per heavy atom. The molecule has 1 aliphatic carbocycles. The van der Waals surface area contributed by atoms with Crippen LogP contribution in [0.1, 0.15) is 28.3 Å². The minimum absolute atomic E-state index is 0.285. The van der Waals surface area contributed by atoms with Crippen molar-refractivity contribution in [1.29, 1.82) is 0 Å². The van der Waals surface area contributed by atoms with Gasteiger partial charge < -0.3 is 4.74 Å². The van der Waals surface area contributed by atoms with Crippen LogP contribution in [0.3, 0.4) is 0 Å². The summed E-state index contributed by atoms with van der Waals surface area (Å²) in [6.45, 7) is 1.54. The predicted octanol–water partition coefficient (Wildman–Crippen LogP) is 2.00. The molecule has 1 heterocycles. The Morgan fingerprint density at radius 2 is 2.07 bits per heavy atom. The van der Waals surface area contributed by atoms with Crippen molar-refractivity contribution >= 4 is 5.78 Å². The molecule has 0 bridgehead atoms. The predicted molar refractivity (Wildman–Crippen MR) is 52.4 cm³/mol. The molecular weight excluding hydrogens is 176 g/mol. The summed E-state index contributed by atoms with van der Waals surface area (Å²) in [5, 5.41) is 0. The van der Waals surface area contributed by atoms with Gasteiger partial charge in [0.25, 0.3) is 0 Å². The number of benzene rings is 1. The minimum atomic E-state index is 0.285. The zero-order valence-electron chi connectivity index (χ0n) is 7.90. The fourth-order valence-electron chi connectivity index (χ4n) is 2.57. The highest BCUT2D eigenvalue weighted by Gasteiger charge is 2.37. The van der Waals surface area contributed by atoms with Gasteiger partial charge in [-0.2, -0.15) is 0 Å². The molecule has 0 aromatic heterocycles. The zero-order chi connectivity index (χ0) is 9.54. The van der Waals surface area contributed by atoms with E-state index in [2.05, 4.69) is 6.07 Å². The average Bonchev–Trinajstić information content (AvgIpc) is 2.66. The van der Waals surface area contributed by atoms with Crippen molar-refractivity contribution in [1.82, 2.24) is 0 Å². The van der Waals surface area contributed by atoms with E-state index in [1.165, 1.54) is 5.56 Å². The van der Waals surface area contributed by atoms with E-state index >= 15 is 0 Å². The number of carbonyl (C=O) groups is 1. The third-order valence-electron chi connectivity index (χ3n) is 3.31. The number of hydrogen-bond donors (Lipinski definition) is 0. The third-order valence-corrected chi connectivity index (χ3v) is 3.31. The maximum Gasteiger partial charge on any atom is 0.163 e. The highest BCUT2D eigenvalue weighted by Crippen LogP contribution is 2.39. The van der Waals surface area contributed by atoms with Gasteiger partial charge in [-0.15, -0.1) is 0 Å². The van der Waals surface area contributed by atoms with Crippen molar-refractivity contribution < 1.29 is 9.53 Å². The first kappa shape index (κ1) is 8.18. The number of hydrogen-bond acceptors (Lipinski definition) is 2. The summed E-state index contributed by atoms with van der Waals surface area (Å²) in [6.07, 6.45) is 0.668. The molecule has 2 nitrogen and oxygen atoms in total. The summed E-state index contributed by atoms with van der Waals surface area (Å²) in [5.74, 6) is 1.17. The molecule has 1 aromatic rings. The molecule has 1 saturated heterocycles. The number of ether oxygens (including phenoxy) is 1. The fourth-order valence-corrected chi connectivity index (χ4v) is 2.57. The average molecular weight is 188 g/mol. The van der Waals surface area contributed by atoms with Crippen LogP contribution in [0.2, 0.25) is 0 Å². The molecule has 0 saturated carbocycles. The molecule has 72 valence electrons. The molecule has 3 rings (SSSR count). The van der Waals surface area contributed by atoms with E-state index in [1.54, 1.807) is 0 Å². The van der Waals surface area contributed by atoms with Crippen LogP contribution in [-0.4, -0.2) is 19.0 Å². The maximum absolute atomic E-state index is 11.8. The molecule has 0 amide bonds. The number of carbonyl (C=O) groups excluding carboxylic acids is 1. The second-order valence-corrected chi connectivity index (χ2v) is 4.12. The first-order valence-electron chi connectivity index (χ1n) is 5.06. The Morgan fingerprint density at radius 3 is 3.00 bits per heavy atom. The van der Waals surface area contributed by atoms with Crippen molar-refractivity contribution in [3.63, 3.8) is 0 Å². The molecule has 0 unspecified atom stereocenters. The summed E-state index contributed by atoms with van der Waals surface area (Å²) < 4.78 is 5.44. The third kappa shape index (κ3) is 1.04. The highest BCUT2D eigenvalue weighted by atomic mass is 16.5. The molecule has 2 heteroatoms. The molecule has 2 aliphatic rings. The standard InChI is InChI=1S/C12H12O2/c13-12-5-8-6-14-7-11(8)9-3-1-2-4-10(9)12/h1-4,8,11H,5-7H2/t8-,11+/m1/s1. The molecule has 1 aliphatic heterocycles. The van der Waals surface area contributed by atoms with Crippen molar-refractivity contribution in [2.75, 3.05) is 13.2 Å². The highest BCUT2D eigenvalue weighted by molar-refractivity contribution is 5.99. The lowest BCUT2D eigenvalue weighted by molar-refractivity contribution is 0.0940. The summed E-state index contributed by atoms with van der Waals surface area (Å²) in [7, 11) is 0. The zero-order valence-corrected chi connectivity index (χ0v) is 7.90. The maximum atomic E-state index is 11.8. The van der Waals surface area contributed by atoms with E-state index in [0.717, 1.165) is 18.8 Å². The fraction of sp³-hybridized carbons (Fsp3) is 0.417. The van der Waals surface area contributed by atoms with E-state index in [-0.39, 0.29) is 5.78 Å². The normalized spacial score (nSPS) is 29.9. The van der Waals surface area contributed by atoms with Crippen LogP contribution in [0.5, 0.6) is 0 Å². The molecule has 1 aromatic carbocycles. The first-order chi connectivity index (χ1) is 6.86. The topological polar surface area (TPSA) is 26.3 Å². The summed E-state index contributed by atoms with van der Waals surface area (Å²) in [4.78, 5) is 11.8. The Balaban J connectivity index is 2.13. The molecular formula is C12H12O2. The van der Waals surface area contributed by atoms with Crippen molar-refractivity contribution in [3.05, 3.63) is 35.4 Å². The van der Waals surface area contributed by atoms with Crippen molar-refractivity contribution in [3.8, 4) is 0 Å². The quantitative estimate of drug-likeness (QED) is 0.622.